The Bertz CT molecular complexity index is 1780. The molecule has 512 valence electrons. The van der Waals surface area contributed by atoms with Crippen molar-refractivity contribution in [2.75, 3.05) is 39.6 Å². The summed E-state index contributed by atoms with van der Waals surface area (Å²) in [5, 5.41) is 10.5. The van der Waals surface area contributed by atoms with Crippen LogP contribution in [0, 0.1) is 5.92 Å². The van der Waals surface area contributed by atoms with Crippen molar-refractivity contribution in [3.63, 3.8) is 0 Å². The van der Waals surface area contributed by atoms with Crippen LogP contribution in [0.3, 0.4) is 0 Å². The van der Waals surface area contributed by atoms with Gasteiger partial charge in [0.25, 0.3) is 0 Å². The summed E-state index contributed by atoms with van der Waals surface area (Å²) in [6.45, 7) is 7.11. The van der Waals surface area contributed by atoms with Gasteiger partial charge in [0.2, 0.25) is 0 Å². The highest BCUT2D eigenvalue weighted by atomic mass is 31.2. The monoisotopic (exact) mass is 1280 g/mol. The number of rotatable bonds is 66. The van der Waals surface area contributed by atoms with E-state index in [0.29, 0.717) is 25.7 Å². The highest BCUT2D eigenvalue weighted by Crippen LogP contribution is 2.45. The number of carbonyl (C=O) groups is 4. The fourth-order valence-corrected chi connectivity index (χ4v) is 11.3. The van der Waals surface area contributed by atoms with Gasteiger partial charge in [0.15, 0.2) is 12.2 Å². The van der Waals surface area contributed by atoms with E-state index in [0.717, 1.165) is 134 Å². The minimum absolute atomic E-state index is 0.101. The number of ether oxygens (including phenoxy) is 4. The Balaban J connectivity index is 5.21. The average molecular weight is 1280 g/mol. The van der Waals surface area contributed by atoms with Crippen LogP contribution in [0.25, 0.3) is 0 Å². The van der Waals surface area contributed by atoms with Crippen LogP contribution in [0.15, 0.2) is 24.3 Å². The molecule has 0 aromatic heterocycles. The lowest BCUT2D eigenvalue weighted by atomic mass is 10.0. The Morgan fingerprint density at radius 3 is 0.943 bits per heavy atom. The van der Waals surface area contributed by atoms with Gasteiger partial charge in [-0.1, -0.05) is 271 Å². The molecule has 0 radical (unpaired) electrons. The van der Waals surface area contributed by atoms with Crippen molar-refractivity contribution in [3.8, 4) is 0 Å². The van der Waals surface area contributed by atoms with E-state index in [1.807, 2.05) is 0 Å². The normalized spacial score (nSPS) is 14.3. The van der Waals surface area contributed by atoms with Crippen molar-refractivity contribution in [2.45, 2.75) is 342 Å². The van der Waals surface area contributed by atoms with Crippen LogP contribution in [0.2, 0.25) is 0 Å². The molecular formula is C68H128O17P2. The SMILES string of the molecule is CCCCCC/C=C\C=C/CCCCCCCC(=O)OC[C@H](COP(=O)(O)OC[C@@H](O)COP(=O)(O)OC[C@@H](COC(=O)CCCCCCCCC)OC(=O)CCCCCCCCCC)OC(=O)CCCCCCCCCCCCCCCCC(C)C. The molecule has 0 aliphatic carbocycles. The molecule has 0 bridgehead atoms. The first kappa shape index (κ1) is 84.5. The van der Waals surface area contributed by atoms with Gasteiger partial charge in [-0.25, -0.2) is 9.13 Å². The fourth-order valence-electron chi connectivity index (χ4n) is 9.75. The summed E-state index contributed by atoms with van der Waals surface area (Å²) in [4.78, 5) is 72.2. The van der Waals surface area contributed by atoms with E-state index in [2.05, 4.69) is 58.9 Å². The van der Waals surface area contributed by atoms with E-state index in [1.54, 1.807) is 0 Å². The molecule has 19 heteroatoms. The summed E-state index contributed by atoms with van der Waals surface area (Å²) in [6.07, 6.45) is 49.6. The third-order valence-electron chi connectivity index (χ3n) is 15.2. The summed E-state index contributed by atoms with van der Waals surface area (Å²) in [5.74, 6) is -1.37. The highest BCUT2D eigenvalue weighted by molar-refractivity contribution is 7.47. The predicted octanol–water partition coefficient (Wildman–Crippen LogP) is 18.9. The molecule has 0 saturated carbocycles. The van der Waals surface area contributed by atoms with Gasteiger partial charge >= 0.3 is 39.5 Å². The Kier molecular flexibility index (Phi) is 59.3. The smallest absolute Gasteiger partial charge is 0.462 e. The third kappa shape index (κ3) is 62.1. The van der Waals surface area contributed by atoms with Crippen molar-refractivity contribution in [1.29, 1.82) is 0 Å². The lowest BCUT2D eigenvalue weighted by Crippen LogP contribution is -2.30. The number of hydrogen-bond acceptors (Lipinski definition) is 15. The molecule has 0 spiro atoms. The summed E-state index contributed by atoms with van der Waals surface area (Å²) in [7, 11) is -9.90. The van der Waals surface area contributed by atoms with Crippen molar-refractivity contribution in [2.24, 2.45) is 5.92 Å². The van der Waals surface area contributed by atoms with E-state index >= 15 is 0 Å². The second kappa shape index (κ2) is 61.1. The number of unbranched alkanes of at least 4 members (excludes halogenated alkanes) is 35. The quantitative estimate of drug-likeness (QED) is 0.0169. The zero-order valence-corrected chi connectivity index (χ0v) is 57.4. The molecule has 0 amide bonds. The van der Waals surface area contributed by atoms with Gasteiger partial charge in [-0.2, -0.15) is 0 Å². The Labute approximate surface area is 529 Å². The van der Waals surface area contributed by atoms with Gasteiger partial charge in [-0.05, 0) is 57.3 Å². The van der Waals surface area contributed by atoms with E-state index in [9.17, 15) is 43.2 Å². The lowest BCUT2D eigenvalue weighted by Gasteiger charge is -2.21. The van der Waals surface area contributed by atoms with Crippen molar-refractivity contribution in [1.82, 2.24) is 0 Å². The molecule has 0 fully saturated rings. The zero-order chi connectivity index (χ0) is 64.2. The van der Waals surface area contributed by atoms with Gasteiger partial charge in [0.05, 0.1) is 26.4 Å². The number of carbonyl (C=O) groups excluding carboxylic acids is 4. The van der Waals surface area contributed by atoms with Crippen LogP contribution in [0.5, 0.6) is 0 Å². The molecule has 3 N–H and O–H groups in total. The topological polar surface area (TPSA) is 237 Å². The maximum atomic E-state index is 13.0. The van der Waals surface area contributed by atoms with Crippen molar-refractivity contribution >= 4 is 39.5 Å². The number of aliphatic hydroxyl groups is 1. The molecular weight excluding hydrogens is 1150 g/mol. The number of esters is 4. The standard InChI is InChI=1S/C68H128O17P2/c1-6-9-12-15-18-20-21-22-23-27-30-33-38-42-47-52-66(71)79-58-64(85-68(73)54-49-44-39-34-31-28-25-24-26-29-32-36-40-45-50-61(4)5)60-83-87(76,77)81-56-62(69)55-80-86(74,75)82-59-63(57-78-65(70)51-46-41-35-17-14-11-8-3)84-67(72)53-48-43-37-19-16-13-10-7-2/h20-23,61-64,69H,6-19,24-60H2,1-5H3,(H,74,75)(H,76,77)/b21-20-,23-22-/t62-,63+,64+/m0/s1. The number of hydrogen-bond donors (Lipinski definition) is 3. The van der Waals surface area contributed by atoms with E-state index in [4.69, 9.17) is 37.0 Å². The van der Waals surface area contributed by atoms with Gasteiger partial charge in [0.1, 0.15) is 19.3 Å². The molecule has 87 heavy (non-hydrogen) atoms. The van der Waals surface area contributed by atoms with Gasteiger partial charge in [-0.3, -0.25) is 37.3 Å². The second-order valence-corrected chi connectivity index (χ2v) is 27.3. The van der Waals surface area contributed by atoms with Crippen molar-refractivity contribution < 1.29 is 80.2 Å². The van der Waals surface area contributed by atoms with Crippen LogP contribution in [-0.2, 0) is 65.4 Å². The molecule has 0 aliphatic heterocycles. The summed E-state index contributed by atoms with van der Waals surface area (Å²) in [6, 6.07) is 0. The van der Waals surface area contributed by atoms with Crippen LogP contribution in [0.4, 0.5) is 0 Å². The molecule has 2 unspecified atom stereocenters. The lowest BCUT2D eigenvalue weighted by molar-refractivity contribution is -0.161. The maximum absolute atomic E-state index is 13.0. The van der Waals surface area contributed by atoms with Crippen LogP contribution < -0.4 is 0 Å². The minimum Gasteiger partial charge on any atom is -0.462 e. The first-order chi connectivity index (χ1) is 42.0. The van der Waals surface area contributed by atoms with E-state index in [-0.39, 0.29) is 25.7 Å². The first-order valence-electron chi connectivity index (χ1n) is 35.0. The average Bonchev–Trinajstić information content (AvgIpc) is 3.69. The zero-order valence-electron chi connectivity index (χ0n) is 55.6. The molecule has 0 heterocycles. The number of phosphoric ester groups is 2. The van der Waals surface area contributed by atoms with E-state index in [1.165, 1.54) is 109 Å². The second-order valence-electron chi connectivity index (χ2n) is 24.4. The summed E-state index contributed by atoms with van der Waals surface area (Å²) >= 11 is 0. The number of phosphoric acid groups is 2. The first-order valence-corrected chi connectivity index (χ1v) is 37.9. The molecule has 0 rings (SSSR count). The van der Waals surface area contributed by atoms with E-state index < -0.39 is 97.5 Å². The van der Waals surface area contributed by atoms with Gasteiger partial charge < -0.3 is 33.8 Å². The molecule has 0 aromatic carbocycles. The minimum atomic E-state index is -4.96. The number of allylic oxidation sites excluding steroid dienone is 4. The predicted molar refractivity (Wildman–Crippen MR) is 349 cm³/mol. The fraction of sp³-hybridized carbons (Fsp3) is 0.882. The summed E-state index contributed by atoms with van der Waals surface area (Å²) in [5.41, 5.74) is 0. The maximum Gasteiger partial charge on any atom is 0.472 e. The number of aliphatic hydroxyl groups excluding tert-OH is 1. The molecule has 17 nitrogen and oxygen atoms in total. The highest BCUT2D eigenvalue weighted by Gasteiger charge is 2.30. The molecule has 0 aliphatic rings. The third-order valence-corrected chi connectivity index (χ3v) is 17.1. The Hall–Kier alpha value is -2.46. The van der Waals surface area contributed by atoms with Crippen LogP contribution in [0.1, 0.15) is 324 Å². The largest absolute Gasteiger partial charge is 0.472 e. The van der Waals surface area contributed by atoms with Crippen molar-refractivity contribution in [3.05, 3.63) is 24.3 Å². The Morgan fingerprint density at radius 1 is 0.356 bits per heavy atom. The van der Waals surface area contributed by atoms with Gasteiger partial charge in [-0.15, -0.1) is 0 Å². The van der Waals surface area contributed by atoms with Gasteiger partial charge in [0, 0.05) is 25.7 Å². The summed E-state index contributed by atoms with van der Waals surface area (Å²) < 4.78 is 68.0. The Morgan fingerprint density at radius 2 is 0.621 bits per heavy atom. The van der Waals surface area contributed by atoms with Crippen LogP contribution >= 0.6 is 15.6 Å². The molecule has 0 aromatic rings. The molecule has 5 atom stereocenters. The molecule has 0 saturated heterocycles. The van der Waals surface area contributed by atoms with Crippen LogP contribution in [-0.4, -0.2) is 96.7 Å².